The van der Waals surface area contributed by atoms with Gasteiger partial charge in [0.05, 0.1) is 0 Å². The van der Waals surface area contributed by atoms with Gasteiger partial charge in [-0.15, -0.1) is 0 Å². The van der Waals surface area contributed by atoms with Crippen LogP contribution in [0.2, 0.25) is 0 Å². The third-order valence-electron chi connectivity index (χ3n) is 2.15. The molecule has 0 spiro atoms. The van der Waals surface area contributed by atoms with Crippen molar-refractivity contribution in [3.8, 4) is 0 Å². The molecule has 0 bridgehead atoms. The fourth-order valence-electron chi connectivity index (χ4n) is 1.44. The van der Waals surface area contributed by atoms with Crippen molar-refractivity contribution in [3.05, 3.63) is 30.1 Å². The molecule has 0 saturated heterocycles. The lowest BCUT2D eigenvalue weighted by atomic mass is 10.2. The Bertz CT molecular complexity index is 444. The molecule has 0 aromatic carbocycles. The highest BCUT2D eigenvalue weighted by molar-refractivity contribution is 7.85. The lowest BCUT2D eigenvalue weighted by Crippen LogP contribution is -2.42. The fourth-order valence-corrected chi connectivity index (χ4v) is 2.03. The number of nitrogens with zero attached hydrogens (tertiary/aromatic N) is 1. The van der Waals surface area contributed by atoms with E-state index in [-0.39, 0.29) is 6.54 Å². The molecule has 6 heteroatoms. The standard InChI is InChI=1S/C10H15NO4S/c1-2-9-4-3-5-11(6-9)7-10(12)8-16(13,14)15/h3-6,10,12H,2,7-8H2,1H3/p+1. The van der Waals surface area contributed by atoms with Gasteiger partial charge in [0, 0.05) is 11.6 Å². The summed E-state index contributed by atoms with van der Waals surface area (Å²) in [5.41, 5.74) is 1.10. The first-order valence-electron chi connectivity index (χ1n) is 5.02. The molecule has 0 saturated carbocycles. The van der Waals surface area contributed by atoms with Crippen molar-refractivity contribution < 1.29 is 22.6 Å². The van der Waals surface area contributed by atoms with Gasteiger partial charge in [-0.25, -0.2) is 4.57 Å². The number of aryl methyl sites for hydroxylation is 1. The lowest BCUT2D eigenvalue weighted by Gasteiger charge is -2.05. The first-order chi connectivity index (χ1) is 7.40. The molecule has 0 aliphatic carbocycles. The summed E-state index contributed by atoms with van der Waals surface area (Å²) in [4.78, 5) is 0. The third kappa shape index (κ3) is 4.69. The predicted octanol–water partition coefficient (Wildman–Crippen LogP) is -0.215. The Morgan fingerprint density at radius 2 is 2.19 bits per heavy atom. The van der Waals surface area contributed by atoms with Crippen LogP contribution in [-0.4, -0.2) is 29.9 Å². The number of rotatable bonds is 5. The van der Waals surface area contributed by atoms with E-state index in [1.165, 1.54) is 0 Å². The third-order valence-corrected chi connectivity index (χ3v) is 2.96. The molecule has 0 aliphatic rings. The highest BCUT2D eigenvalue weighted by Gasteiger charge is 2.18. The zero-order valence-corrected chi connectivity index (χ0v) is 9.89. The minimum Gasteiger partial charge on any atom is -0.385 e. The molecule has 1 rings (SSSR count). The second-order valence-electron chi connectivity index (χ2n) is 3.66. The van der Waals surface area contributed by atoms with Gasteiger partial charge in [0.15, 0.2) is 18.9 Å². The van der Waals surface area contributed by atoms with Gasteiger partial charge in [-0.1, -0.05) is 6.92 Å². The second-order valence-corrected chi connectivity index (χ2v) is 5.16. The van der Waals surface area contributed by atoms with Crippen molar-refractivity contribution in [1.82, 2.24) is 0 Å². The zero-order valence-electron chi connectivity index (χ0n) is 9.07. The van der Waals surface area contributed by atoms with Crippen LogP contribution in [0.1, 0.15) is 12.5 Å². The van der Waals surface area contributed by atoms with Crippen LogP contribution in [0.25, 0.3) is 0 Å². The van der Waals surface area contributed by atoms with E-state index in [0.717, 1.165) is 12.0 Å². The number of aromatic nitrogens is 1. The number of pyridine rings is 1. The maximum absolute atomic E-state index is 10.5. The van der Waals surface area contributed by atoms with Gasteiger partial charge in [-0.3, -0.25) is 4.55 Å². The summed E-state index contributed by atoms with van der Waals surface area (Å²) in [5, 5.41) is 9.44. The fraction of sp³-hybridized carbons (Fsp3) is 0.500. The van der Waals surface area contributed by atoms with Crippen molar-refractivity contribution in [1.29, 1.82) is 0 Å². The molecule has 16 heavy (non-hydrogen) atoms. The van der Waals surface area contributed by atoms with E-state index in [2.05, 4.69) is 0 Å². The van der Waals surface area contributed by atoms with Gasteiger partial charge >= 0.3 is 0 Å². The Morgan fingerprint density at radius 1 is 1.50 bits per heavy atom. The van der Waals surface area contributed by atoms with Gasteiger partial charge in [0.25, 0.3) is 10.1 Å². The highest BCUT2D eigenvalue weighted by atomic mass is 32.2. The minimum absolute atomic E-state index is 0.146. The van der Waals surface area contributed by atoms with Crippen molar-refractivity contribution in [3.63, 3.8) is 0 Å². The molecule has 0 amide bonds. The van der Waals surface area contributed by atoms with Crippen LogP contribution in [0.4, 0.5) is 0 Å². The summed E-state index contributed by atoms with van der Waals surface area (Å²) >= 11 is 0. The van der Waals surface area contributed by atoms with Crippen LogP contribution in [0.3, 0.4) is 0 Å². The molecule has 1 aromatic heterocycles. The summed E-state index contributed by atoms with van der Waals surface area (Å²) < 4.78 is 31.4. The summed E-state index contributed by atoms with van der Waals surface area (Å²) in [7, 11) is -4.12. The summed E-state index contributed by atoms with van der Waals surface area (Å²) in [6.07, 6.45) is 3.35. The molecule has 2 N–H and O–H groups in total. The first kappa shape index (κ1) is 13.1. The van der Waals surface area contributed by atoms with Crippen LogP contribution in [0.15, 0.2) is 24.5 Å². The van der Waals surface area contributed by atoms with E-state index in [1.807, 2.05) is 25.3 Å². The Labute approximate surface area is 95.1 Å². The largest absolute Gasteiger partial charge is 0.385 e. The van der Waals surface area contributed by atoms with E-state index in [9.17, 15) is 13.5 Å². The average Bonchev–Trinajstić information content (AvgIpc) is 2.15. The zero-order chi connectivity index (χ0) is 12.2. The van der Waals surface area contributed by atoms with E-state index in [1.54, 1.807) is 10.8 Å². The Kier molecular flexibility index (Phi) is 4.40. The summed E-state index contributed by atoms with van der Waals surface area (Å²) in [6, 6.07) is 3.78. The number of hydrogen-bond donors (Lipinski definition) is 2. The molecule has 1 atom stereocenters. The van der Waals surface area contributed by atoms with Crippen molar-refractivity contribution in [2.24, 2.45) is 0 Å². The van der Waals surface area contributed by atoms with Gasteiger partial charge < -0.3 is 5.11 Å². The van der Waals surface area contributed by atoms with Crippen LogP contribution in [0.5, 0.6) is 0 Å². The van der Waals surface area contributed by atoms with Gasteiger partial charge in [-0.2, -0.15) is 8.42 Å². The second kappa shape index (κ2) is 5.38. The van der Waals surface area contributed by atoms with Crippen LogP contribution < -0.4 is 4.57 Å². The minimum atomic E-state index is -4.12. The van der Waals surface area contributed by atoms with E-state index in [4.69, 9.17) is 4.55 Å². The van der Waals surface area contributed by atoms with E-state index in [0.29, 0.717) is 0 Å². The van der Waals surface area contributed by atoms with Gasteiger partial charge in [0.2, 0.25) is 0 Å². The number of aliphatic hydroxyl groups excluding tert-OH is 1. The van der Waals surface area contributed by atoms with Crippen LogP contribution in [0, 0.1) is 0 Å². The van der Waals surface area contributed by atoms with Crippen LogP contribution in [-0.2, 0) is 23.1 Å². The first-order valence-corrected chi connectivity index (χ1v) is 6.63. The molecular formula is C10H16NO4S+. The topological polar surface area (TPSA) is 78.5 Å². The van der Waals surface area contributed by atoms with Gasteiger partial charge in [-0.05, 0) is 12.5 Å². The number of hydrogen-bond acceptors (Lipinski definition) is 3. The Hall–Kier alpha value is -0.980. The molecule has 1 heterocycles. The molecule has 0 fully saturated rings. The maximum atomic E-state index is 10.5. The van der Waals surface area contributed by atoms with Crippen molar-refractivity contribution in [2.75, 3.05) is 5.75 Å². The molecular weight excluding hydrogens is 230 g/mol. The van der Waals surface area contributed by atoms with Crippen molar-refractivity contribution in [2.45, 2.75) is 26.0 Å². The lowest BCUT2D eigenvalue weighted by molar-refractivity contribution is -0.703. The summed E-state index contributed by atoms with van der Waals surface area (Å²) in [5.74, 6) is -0.643. The Balaban J connectivity index is 2.65. The maximum Gasteiger partial charge on any atom is 0.267 e. The molecule has 0 aliphatic heterocycles. The molecule has 1 aromatic rings. The Morgan fingerprint density at radius 3 is 2.75 bits per heavy atom. The quantitative estimate of drug-likeness (QED) is 0.556. The molecule has 90 valence electrons. The summed E-state index contributed by atoms with van der Waals surface area (Å²) in [6.45, 7) is 2.15. The normalized spacial score (nSPS) is 13.7. The van der Waals surface area contributed by atoms with Gasteiger partial charge in [0.1, 0.15) is 11.9 Å². The molecule has 5 nitrogen and oxygen atoms in total. The SMILES string of the molecule is CCc1ccc[n+](CC(O)CS(=O)(=O)O)c1. The van der Waals surface area contributed by atoms with E-state index >= 15 is 0 Å². The van der Waals surface area contributed by atoms with E-state index < -0.39 is 22.0 Å². The molecule has 0 radical (unpaired) electrons. The van der Waals surface area contributed by atoms with Crippen molar-refractivity contribution >= 4 is 10.1 Å². The molecule has 1 unspecified atom stereocenters. The monoisotopic (exact) mass is 246 g/mol. The van der Waals surface area contributed by atoms with Crippen LogP contribution >= 0.6 is 0 Å². The smallest absolute Gasteiger partial charge is 0.267 e. The number of aliphatic hydroxyl groups is 1. The highest BCUT2D eigenvalue weighted by Crippen LogP contribution is 1.96. The average molecular weight is 246 g/mol. The predicted molar refractivity (Wildman–Crippen MR) is 58.4 cm³/mol.